The van der Waals surface area contributed by atoms with Crippen molar-refractivity contribution in [3.8, 4) is 0 Å². The molecule has 0 amide bonds. The number of halogens is 15. The predicted octanol–water partition coefficient (Wildman–Crippen LogP) is 5.73. The summed E-state index contributed by atoms with van der Waals surface area (Å²) in [5, 5.41) is 0. The van der Waals surface area contributed by atoms with Crippen LogP contribution in [0.3, 0.4) is 0 Å². The number of nitrogens with zero attached hydrogens (tertiary/aromatic N) is 1. The van der Waals surface area contributed by atoms with E-state index in [1.165, 1.54) is 13.0 Å². The van der Waals surface area contributed by atoms with Gasteiger partial charge in [-0.15, -0.1) is 22.7 Å². The van der Waals surface area contributed by atoms with Gasteiger partial charge < -0.3 is 0 Å². The fraction of sp³-hybridized carbons (Fsp3) is 0.0800. The second-order valence-corrected chi connectivity index (χ2v) is 8.97. The summed E-state index contributed by atoms with van der Waals surface area (Å²) in [4.78, 5) is 3.70. The highest BCUT2D eigenvalue weighted by molar-refractivity contribution is 7.11. The van der Waals surface area contributed by atoms with Crippen molar-refractivity contribution in [1.29, 1.82) is 0 Å². The second kappa shape index (κ2) is 10.6. The molecule has 1 aromatic heterocycles. The zero-order valence-electron chi connectivity index (χ0n) is 20.1. The van der Waals surface area contributed by atoms with Gasteiger partial charge in [0.25, 0.3) is 0 Å². The molecule has 0 saturated carbocycles. The molecule has 0 radical (unpaired) electrons. The number of hydrogen-bond acceptors (Lipinski definition) is 1. The number of pyridine rings is 1. The summed E-state index contributed by atoms with van der Waals surface area (Å²) in [6.45, 7) is 1.17. The quantitative estimate of drug-likeness (QED) is 0.121. The normalized spacial score (nSPS) is 11.9. The maximum Gasteiger partial charge on any atom is 0.200 e. The van der Waals surface area contributed by atoms with E-state index in [4.69, 9.17) is 0 Å². The molecule has 0 N–H and O–H groups in total. The first kappa shape index (κ1) is 30.8. The number of hydrogen-bond donors (Lipinski definition) is 0. The van der Waals surface area contributed by atoms with Gasteiger partial charge in [0.1, 0.15) is 41.0 Å². The molecule has 0 aliphatic rings. The lowest BCUT2D eigenvalue weighted by Gasteiger charge is -2.43. The number of rotatable bonds is 5. The third-order valence-electron chi connectivity index (χ3n) is 6.67. The van der Waals surface area contributed by atoms with E-state index in [9.17, 15) is 39.5 Å². The van der Waals surface area contributed by atoms with E-state index in [1.54, 1.807) is 0 Å². The Morgan fingerprint density at radius 3 is 0.952 bits per heavy atom. The van der Waals surface area contributed by atoms with Crippen molar-refractivity contribution < 1.29 is 65.9 Å². The van der Waals surface area contributed by atoms with Gasteiger partial charge in [-0.1, -0.05) is 6.07 Å². The highest BCUT2D eigenvalue weighted by Crippen LogP contribution is 2.29. The summed E-state index contributed by atoms with van der Waals surface area (Å²) in [5.74, 6) is -45.5. The van der Waals surface area contributed by atoms with Crippen LogP contribution in [0.25, 0.3) is 0 Å². The molecular weight excluding hydrogens is 610 g/mol. The summed E-state index contributed by atoms with van der Waals surface area (Å²) in [5.41, 5.74) is -8.94. The van der Waals surface area contributed by atoms with E-state index < -0.39 is 122 Å². The molecule has 0 fully saturated rings. The summed E-state index contributed by atoms with van der Waals surface area (Å²) in [7, 11) is 0. The Morgan fingerprint density at radius 2 is 0.690 bits per heavy atom. The fourth-order valence-electron chi connectivity index (χ4n) is 4.93. The van der Waals surface area contributed by atoms with Crippen molar-refractivity contribution in [3.63, 3.8) is 0 Å². The average Bonchev–Trinajstić information content (AvgIpc) is 2.95. The minimum atomic E-state index is -5.67. The fourth-order valence-corrected chi connectivity index (χ4v) is 4.93. The Labute approximate surface area is 224 Å². The van der Waals surface area contributed by atoms with E-state index in [0.717, 1.165) is 12.1 Å². The number of benzene rings is 3. The Kier molecular flexibility index (Phi) is 7.76. The molecule has 4 aromatic rings. The molecule has 42 heavy (non-hydrogen) atoms. The third kappa shape index (κ3) is 4.27. The third-order valence-corrected chi connectivity index (χ3v) is 6.67. The first-order chi connectivity index (χ1) is 19.5. The Hall–Kier alpha value is -4.18. The van der Waals surface area contributed by atoms with Gasteiger partial charge in [0, 0.05) is 11.4 Å². The first-order valence-electron chi connectivity index (χ1n) is 11.2. The SMILES string of the molecule is Cc1cccc(C[B-](c2c(F)c(F)c(F)c(F)c2F)(c2c(F)c(F)c(F)c(F)c2F)c2c(F)c(F)c(F)c(F)c2F)n1. The molecule has 1 nitrogen and oxygen atoms in total. The van der Waals surface area contributed by atoms with Crippen LogP contribution in [0.2, 0.25) is 0 Å². The molecule has 0 unspecified atom stereocenters. The number of aryl methyl sites for hydroxylation is 1. The van der Waals surface area contributed by atoms with Crippen LogP contribution in [0.1, 0.15) is 11.4 Å². The molecule has 17 heteroatoms. The highest BCUT2D eigenvalue weighted by atomic mass is 19.2. The molecule has 0 atom stereocenters. The average molecular weight is 618 g/mol. The van der Waals surface area contributed by atoms with Gasteiger partial charge >= 0.3 is 0 Å². The van der Waals surface area contributed by atoms with Crippen molar-refractivity contribution in [2.24, 2.45) is 0 Å². The molecule has 0 spiro atoms. The predicted molar refractivity (Wildman–Crippen MR) is 116 cm³/mol. The molecule has 4 rings (SSSR count). The summed E-state index contributed by atoms with van der Waals surface area (Å²) in [6, 6.07) is 2.93. The van der Waals surface area contributed by atoms with Crippen LogP contribution in [-0.2, 0) is 6.32 Å². The molecular formula is C25H8BF15N-. The Balaban J connectivity index is 2.47. The van der Waals surface area contributed by atoms with Crippen molar-refractivity contribution in [2.45, 2.75) is 13.2 Å². The highest BCUT2D eigenvalue weighted by Gasteiger charge is 2.48. The van der Waals surface area contributed by atoms with Gasteiger partial charge in [0.05, 0.1) is 0 Å². The van der Waals surface area contributed by atoms with Crippen molar-refractivity contribution in [1.82, 2.24) is 4.98 Å². The number of aromatic nitrogens is 1. The summed E-state index contributed by atoms with van der Waals surface area (Å²) in [6.07, 6.45) is -7.61. The van der Waals surface area contributed by atoms with Gasteiger partial charge in [-0.2, -0.15) is 0 Å². The van der Waals surface area contributed by atoms with Crippen LogP contribution < -0.4 is 16.4 Å². The van der Waals surface area contributed by atoms with Gasteiger partial charge in [0.2, 0.25) is 0 Å². The zero-order valence-corrected chi connectivity index (χ0v) is 20.1. The van der Waals surface area contributed by atoms with E-state index in [-0.39, 0.29) is 5.69 Å². The Bertz CT molecular complexity index is 1530. The van der Waals surface area contributed by atoms with Crippen LogP contribution in [0, 0.1) is 94.2 Å². The Morgan fingerprint density at radius 1 is 0.429 bits per heavy atom. The molecule has 222 valence electrons. The second-order valence-electron chi connectivity index (χ2n) is 8.97. The van der Waals surface area contributed by atoms with Crippen LogP contribution in [0.4, 0.5) is 65.9 Å². The van der Waals surface area contributed by atoms with Crippen LogP contribution in [-0.4, -0.2) is 11.1 Å². The van der Waals surface area contributed by atoms with E-state index in [1.807, 2.05) is 0 Å². The van der Waals surface area contributed by atoms with Gasteiger partial charge in [0.15, 0.2) is 52.4 Å². The monoisotopic (exact) mass is 618 g/mol. The van der Waals surface area contributed by atoms with Crippen LogP contribution >= 0.6 is 0 Å². The lowest BCUT2D eigenvalue weighted by Crippen LogP contribution is -2.74. The lowest BCUT2D eigenvalue weighted by atomic mass is 9.13. The minimum absolute atomic E-state index is 0.107. The minimum Gasteiger partial charge on any atom is -0.262 e. The molecule has 3 aromatic carbocycles. The molecule has 0 aliphatic heterocycles. The first-order valence-corrected chi connectivity index (χ1v) is 11.2. The van der Waals surface area contributed by atoms with Crippen LogP contribution in [0.5, 0.6) is 0 Å². The van der Waals surface area contributed by atoms with Gasteiger partial charge in [-0.3, -0.25) is 4.98 Å². The zero-order chi connectivity index (χ0) is 31.6. The summed E-state index contributed by atoms with van der Waals surface area (Å²) < 4.78 is 221. The van der Waals surface area contributed by atoms with Crippen molar-refractivity contribution >= 4 is 22.5 Å². The summed E-state index contributed by atoms with van der Waals surface area (Å²) >= 11 is 0. The molecule has 0 saturated heterocycles. The molecule has 1 heterocycles. The van der Waals surface area contributed by atoms with E-state index in [2.05, 4.69) is 4.98 Å². The van der Waals surface area contributed by atoms with E-state index >= 15 is 26.3 Å². The van der Waals surface area contributed by atoms with Gasteiger partial charge in [-0.25, -0.2) is 65.9 Å². The smallest absolute Gasteiger partial charge is 0.200 e. The lowest BCUT2D eigenvalue weighted by molar-refractivity contribution is 0.379. The molecule has 0 bridgehead atoms. The van der Waals surface area contributed by atoms with Crippen molar-refractivity contribution in [3.05, 3.63) is 117 Å². The van der Waals surface area contributed by atoms with E-state index in [0.29, 0.717) is 0 Å². The van der Waals surface area contributed by atoms with Crippen LogP contribution in [0.15, 0.2) is 18.2 Å². The van der Waals surface area contributed by atoms with Crippen molar-refractivity contribution in [2.75, 3.05) is 0 Å². The maximum atomic E-state index is 15.4. The standard InChI is InChI=1S/C25H8BF15N/c1-6-3-2-4-7(42-6)5-26(8-11(27)17(33)23(39)18(34)12(8)28,9-13(29)19(35)24(40)20(36)14(9)30)10-15(31)21(37)25(41)22(38)16(10)32/h2-4H,5H2,1H3/q-1. The maximum absolute atomic E-state index is 15.4. The largest absolute Gasteiger partial charge is 0.262 e. The van der Waals surface area contributed by atoms with Gasteiger partial charge in [-0.05, 0) is 19.1 Å². The molecule has 0 aliphatic carbocycles. The topological polar surface area (TPSA) is 12.9 Å².